The van der Waals surface area contributed by atoms with E-state index in [0.717, 1.165) is 17.7 Å². The minimum atomic E-state index is -5.28. The predicted molar refractivity (Wildman–Crippen MR) is 75.6 cm³/mol. The topological polar surface area (TPSA) is 37.4 Å². The minimum Gasteiger partial charge on any atom is -0.279 e. The van der Waals surface area contributed by atoms with Gasteiger partial charge < -0.3 is 0 Å². The van der Waals surface area contributed by atoms with Crippen LogP contribution in [0, 0.1) is 0 Å². The maximum Gasteiger partial charge on any atom is 0.501 e. The molecule has 1 aliphatic rings. The Morgan fingerprint density at radius 1 is 1.20 bits per heavy atom. The lowest BCUT2D eigenvalue weighted by molar-refractivity contribution is -0.0436. The number of fused-ring (bicyclic) bond motifs is 1. The molecule has 0 atom stereocenters. The van der Waals surface area contributed by atoms with Crippen molar-refractivity contribution in [3.05, 3.63) is 29.3 Å². The number of halogens is 3. The number of benzene rings is 1. The van der Waals surface area contributed by atoms with Crippen LogP contribution in [0.25, 0.3) is 0 Å². The zero-order valence-electron chi connectivity index (χ0n) is 10.1. The summed E-state index contributed by atoms with van der Waals surface area (Å²) in [4.78, 5) is 1.22. The van der Waals surface area contributed by atoms with Crippen LogP contribution in [0.15, 0.2) is 23.1 Å². The van der Waals surface area contributed by atoms with Gasteiger partial charge >= 0.3 is 5.51 Å². The van der Waals surface area contributed by atoms with E-state index in [9.17, 15) is 21.6 Å². The van der Waals surface area contributed by atoms with Crippen molar-refractivity contribution < 1.29 is 21.6 Å². The average Bonchev–Trinajstić information content (AvgIpc) is 2.36. The highest BCUT2D eigenvalue weighted by molar-refractivity contribution is 7.99. The van der Waals surface area contributed by atoms with Crippen molar-refractivity contribution in [2.75, 3.05) is 6.54 Å². The molecule has 0 spiro atoms. The summed E-state index contributed by atoms with van der Waals surface area (Å²) in [5.74, 6) is 0. The summed E-state index contributed by atoms with van der Waals surface area (Å²) < 4.78 is 60.0. The quantitative estimate of drug-likeness (QED) is 0.640. The van der Waals surface area contributed by atoms with Crippen LogP contribution in [-0.4, -0.2) is 30.1 Å². The first-order valence-electron chi connectivity index (χ1n) is 5.66. The molecule has 9 heteroatoms. The summed E-state index contributed by atoms with van der Waals surface area (Å²) in [5, 5.41) is 0. The van der Waals surface area contributed by atoms with E-state index in [1.165, 1.54) is 6.07 Å². The Hall–Kier alpha value is -0.380. The molecule has 0 bridgehead atoms. The van der Waals surface area contributed by atoms with Crippen molar-refractivity contribution in [2.45, 2.75) is 28.1 Å². The maximum atomic E-state index is 12.5. The molecule has 0 saturated carbocycles. The normalized spacial score (nSPS) is 17.3. The predicted octanol–water partition coefficient (Wildman–Crippen LogP) is 2.48. The Balaban J connectivity index is 2.36. The monoisotopic (exact) mass is 343 g/mol. The molecule has 2 rings (SSSR count). The van der Waals surface area contributed by atoms with Gasteiger partial charge in [0.2, 0.25) is 0 Å². The molecular formula is C11H12F3NO2S3. The standard InChI is InChI=1S/C11H12F3NO2S3/c12-11(13,14)20(16,17)9-2-1-8-6-15(10(18)19)4-3-7(8)5-9/h1-2,5,10,18-19H,3-4,6H2. The third-order valence-electron chi connectivity index (χ3n) is 3.16. The van der Waals surface area contributed by atoms with Crippen molar-refractivity contribution in [2.24, 2.45) is 0 Å². The number of thiol groups is 2. The van der Waals surface area contributed by atoms with Crippen molar-refractivity contribution >= 4 is 35.1 Å². The first-order chi connectivity index (χ1) is 9.13. The van der Waals surface area contributed by atoms with Gasteiger partial charge in [-0.25, -0.2) is 8.42 Å². The molecule has 0 radical (unpaired) electrons. The third kappa shape index (κ3) is 2.95. The van der Waals surface area contributed by atoms with Crippen LogP contribution in [0.4, 0.5) is 13.2 Å². The largest absolute Gasteiger partial charge is 0.501 e. The first-order valence-corrected chi connectivity index (χ1v) is 8.18. The van der Waals surface area contributed by atoms with E-state index in [2.05, 4.69) is 25.3 Å². The van der Waals surface area contributed by atoms with Crippen LogP contribution < -0.4 is 0 Å². The molecule has 0 aliphatic carbocycles. The van der Waals surface area contributed by atoms with Gasteiger partial charge in [-0.2, -0.15) is 13.2 Å². The van der Waals surface area contributed by atoms with E-state index in [-0.39, 0.29) is 4.71 Å². The lowest BCUT2D eigenvalue weighted by Gasteiger charge is -2.30. The molecule has 0 aromatic heterocycles. The summed E-state index contributed by atoms with van der Waals surface area (Å²) >= 11 is 8.36. The van der Waals surface area contributed by atoms with E-state index in [0.29, 0.717) is 25.1 Å². The molecular weight excluding hydrogens is 331 g/mol. The Kier molecular flexibility index (Phi) is 4.35. The molecule has 112 valence electrons. The summed E-state index contributed by atoms with van der Waals surface area (Å²) in [5.41, 5.74) is -3.86. The number of nitrogens with zero attached hydrogens (tertiary/aromatic N) is 1. The van der Waals surface area contributed by atoms with Gasteiger partial charge in [-0.1, -0.05) is 6.07 Å². The summed E-state index contributed by atoms with van der Waals surface area (Å²) in [6.45, 7) is 1.06. The molecule has 1 aromatic carbocycles. The summed E-state index contributed by atoms with van der Waals surface area (Å²) in [7, 11) is -5.28. The SMILES string of the molecule is O=S(=O)(c1ccc2c(c1)CCN(C(S)S)C2)C(F)(F)F. The Bertz CT molecular complexity index is 614. The molecule has 1 heterocycles. The highest BCUT2D eigenvalue weighted by Gasteiger charge is 2.47. The zero-order chi connectivity index (χ0) is 15.1. The van der Waals surface area contributed by atoms with Gasteiger partial charge in [0.1, 0.15) is 0 Å². The number of hydrogen-bond donors (Lipinski definition) is 2. The molecule has 0 saturated heterocycles. The zero-order valence-corrected chi connectivity index (χ0v) is 12.7. The minimum absolute atomic E-state index is 0.262. The summed E-state index contributed by atoms with van der Waals surface area (Å²) in [6, 6.07) is 3.53. The highest BCUT2D eigenvalue weighted by atomic mass is 32.2. The fourth-order valence-corrected chi connectivity index (χ4v) is 3.26. The molecule has 0 fully saturated rings. The van der Waals surface area contributed by atoms with Gasteiger partial charge in [0, 0.05) is 13.1 Å². The van der Waals surface area contributed by atoms with Gasteiger partial charge in [0.05, 0.1) is 9.60 Å². The van der Waals surface area contributed by atoms with Gasteiger partial charge in [-0.15, -0.1) is 25.3 Å². The van der Waals surface area contributed by atoms with E-state index >= 15 is 0 Å². The van der Waals surface area contributed by atoms with Crippen LogP contribution in [-0.2, 0) is 22.8 Å². The number of sulfone groups is 1. The second-order valence-corrected chi connectivity index (χ2v) is 7.77. The molecule has 0 amide bonds. The van der Waals surface area contributed by atoms with Crippen molar-refractivity contribution in [3.8, 4) is 0 Å². The molecule has 3 nitrogen and oxygen atoms in total. The smallest absolute Gasteiger partial charge is 0.279 e. The lowest BCUT2D eigenvalue weighted by Crippen LogP contribution is -2.34. The van der Waals surface area contributed by atoms with Gasteiger partial charge in [0.15, 0.2) is 0 Å². The second kappa shape index (κ2) is 5.43. The molecule has 1 aliphatic heterocycles. The van der Waals surface area contributed by atoms with Crippen molar-refractivity contribution in [3.63, 3.8) is 0 Å². The number of rotatable bonds is 2. The first kappa shape index (κ1) is 16.0. The summed E-state index contributed by atoms with van der Waals surface area (Å²) in [6.07, 6.45) is 0.466. The fourth-order valence-electron chi connectivity index (χ4n) is 2.05. The van der Waals surface area contributed by atoms with E-state index in [4.69, 9.17) is 0 Å². The molecule has 1 aromatic rings. The van der Waals surface area contributed by atoms with Gasteiger partial charge in [0.25, 0.3) is 9.84 Å². The van der Waals surface area contributed by atoms with Crippen LogP contribution in [0.2, 0.25) is 0 Å². The van der Waals surface area contributed by atoms with E-state index < -0.39 is 20.2 Å². The molecule has 0 N–H and O–H groups in total. The van der Waals surface area contributed by atoms with Gasteiger partial charge in [-0.05, 0) is 29.7 Å². The Morgan fingerprint density at radius 3 is 2.40 bits per heavy atom. The Labute approximate surface area is 125 Å². The maximum absolute atomic E-state index is 12.5. The number of hydrogen-bond acceptors (Lipinski definition) is 5. The average molecular weight is 343 g/mol. The van der Waals surface area contributed by atoms with Crippen molar-refractivity contribution in [1.82, 2.24) is 4.90 Å². The highest BCUT2D eigenvalue weighted by Crippen LogP contribution is 2.32. The molecule has 20 heavy (non-hydrogen) atoms. The van der Waals surface area contributed by atoms with Crippen LogP contribution in [0.5, 0.6) is 0 Å². The second-order valence-electron chi connectivity index (χ2n) is 4.45. The number of alkyl halides is 3. The Morgan fingerprint density at radius 2 is 1.85 bits per heavy atom. The van der Waals surface area contributed by atoms with Crippen LogP contribution >= 0.6 is 25.3 Å². The lowest BCUT2D eigenvalue weighted by atomic mass is 10.0. The van der Waals surface area contributed by atoms with Crippen molar-refractivity contribution in [1.29, 1.82) is 0 Å². The fraction of sp³-hybridized carbons (Fsp3) is 0.455. The van der Waals surface area contributed by atoms with Crippen LogP contribution in [0.1, 0.15) is 11.1 Å². The van der Waals surface area contributed by atoms with E-state index in [1.807, 2.05) is 4.90 Å². The van der Waals surface area contributed by atoms with E-state index in [1.54, 1.807) is 0 Å². The molecule has 0 unspecified atom stereocenters. The van der Waals surface area contributed by atoms with Crippen LogP contribution in [0.3, 0.4) is 0 Å². The third-order valence-corrected chi connectivity index (χ3v) is 5.30. The van der Waals surface area contributed by atoms with Gasteiger partial charge in [-0.3, -0.25) is 4.90 Å².